The van der Waals surface area contributed by atoms with Crippen molar-refractivity contribution in [2.24, 2.45) is 0 Å². The van der Waals surface area contributed by atoms with E-state index in [1.165, 1.54) is 12.0 Å². The van der Waals surface area contributed by atoms with Crippen molar-refractivity contribution in [1.82, 2.24) is 15.5 Å². The molecule has 152 valence electrons. The van der Waals surface area contributed by atoms with Gasteiger partial charge in [-0.15, -0.1) is 0 Å². The second-order valence-corrected chi connectivity index (χ2v) is 8.06. The molecule has 0 bridgehead atoms. The summed E-state index contributed by atoms with van der Waals surface area (Å²) in [7, 11) is 0. The Morgan fingerprint density at radius 3 is 2.32 bits per heavy atom. The zero-order valence-electron chi connectivity index (χ0n) is 16.9. The van der Waals surface area contributed by atoms with E-state index in [2.05, 4.69) is 17.6 Å². The summed E-state index contributed by atoms with van der Waals surface area (Å²) in [5.41, 5.74) is 1.43. The lowest BCUT2D eigenvalue weighted by molar-refractivity contribution is -0.135. The van der Waals surface area contributed by atoms with Crippen LogP contribution in [0.15, 0.2) is 24.3 Å². The van der Waals surface area contributed by atoms with Gasteiger partial charge in [-0.25, -0.2) is 4.79 Å². The van der Waals surface area contributed by atoms with Gasteiger partial charge in [-0.05, 0) is 37.3 Å². The summed E-state index contributed by atoms with van der Waals surface area (Å²) < 4.78 is 0. The number of imide groups is 1. The molecule has 28 heavy (non-hydrogen) atoms. The van der Waals surface area contributed by atoms with Crippen molar-refractivity contribution in [2.75, 3.05) is 6.54 Å². The molecule has 1 aliphatic carbocycles. The molecule has 0 radical (unpaired) electrons. The van der Waals surface area contributed by atoms with Crippen LogP contribution in [0.4, 0.5) is 4.79 Å². The number of nitrogens with zero attached hydrogens (tertiary/aromatic N) is 1. The predicted octanol–water partition coefficient (Wildman–Crippen LogP) is 3.46. The maximum atomic E-state index is 13.0. The Labute approximate surface area is 167 Å². The van der Waals surface area contributed by atoms with Crippen molar-refractivity contribution in [3.63, 3.8) is 0 Å². The Morgan fingerprint density at radius 2 is 1.71 bits per heavy atom. The number of amides is 4. The summed E-state index contributed by atoms with van der Waals surface area (Å²) in [5.74, 6) is -0.562. The Kier molecular flexibility index (Phi) is 6.37. The third kappa shape index (κ3) is 4.37. The fraction of sp³-hybridized carbons (Fsp3) is 0.591. The Morgan fingerprint density at radius 1 is 1.11 bits per heavy atom. The summed E-state index contributed by atoms with van der Waals surface area (Å²) in [4.78, 5) is 39.0. The topological polar surface area (TPSA) is 78.5 Å². The van der Waals surface area contributed by atoms with Crippen molar-refractivity contribution in [1.29, 1.82) is 0 Å². The number of hydrogen-bond acceptors (Lipinski definition) is 3. The molecule has 6 heteroatoms. The van der Waals surface area contributed by atoms with Crippen molar-refractivity contribution >= 4 is 17.8 Å². The van der Waals surface area contributed by atoms with Gasteiger partial charge in [0, 0.05) is 0 Å². The molecule has 1 saturated heterocycles. The monoisotopic (exact) mass is 385 g/mol. The minimum Gasteiger partial charge on any atom is -0.348 e. The molecule has 1 unspecified atom stereocenters. The van der Waals surface area contributed by atoms with E-state index in [9.17, 15) is 14.4 Å². The van der Waals surface area contributed by atoms with E-state index in [1.54, 1.807) is 0 Å². The van der Waals surface area contributed by atoms with Gasteiger partial charge in [0.05, 0.1) is 6.04 Å². The highest BCUT2D eigenvalue weighted by atomic mass is 16.2. The minimum absolute atomic E-state index is 0.186. The van der Waals surface area contributed by atoms with Crippen LogP contribution >= 0.6 is 0 Å². The van der Waals surface area contributed by atoms with Crippen LogP contribution in [0.5, 0.6) is 0 Å². The van der Waals surface area contributed by atoms with E-state index in [1.807, 2.05) is 31.2 Å². The molecule has 1 aliphatic heterocycles. The van der Waals surface area contributed by atoms with Crippen LogP contribution in [0, 0.1) is 0 Å². The van der Waals surface area contributed by atoms with E-state index >= 15 is 0 Å². The van der Waals surface area contributed by atoms with Crippen LogP contribution in [0.2, 0.25) is 0 Å². The molecular weight excluding hydrogens is 354 g/mol. The van der Waals surface area contributed by atoms with Gasteiger partial charge in [0.1, 0.15) is 12.1 Å². The number of aryl methyl sites for hydroxylation is 1. The van der Waals surface area contributed by atoms with Crippen LogP contribution < -0.4 is 10.6 Å². The first-order valence-electron chi connectivity index (χ1n) is 10.5. The number of carbonyl (C=O) groups excluding carboxylic acids is 3. The smallest absolute Gasteiger partial charge is 0.325 e. The summed E-state index contributed by atoms with van der Waals surface area (Å²) in [6, 6.07) is 7.47. The Hall–Kier alpha value is -2.37. The molecule has 1 saturated carbocycles. The van der Waals surface area contributed by atoms with Crippen LogP contribution in [-0.2, 0) is 16.0 Å². The van der Waals surface area contributed by atoms with Crippen LogP contribution in [0.25, 0.3) is 0 Å². The summed E-state index contributed by atoms with van der Waals surface area (Å²) in [6.45, 7) is 3.77. The van der Waals surface area contributed by atoms with Crippen molar-refractivity contribution in [2.45, 2.75) is 76.8 Å². The number of rotatable bonds is 5. The maximum absolute atomic E-state index is 13.0. The normalized spacial score (nSPS) is 20.4. The van der Waals surface area contributed by atoms with E-state index in [0.717, 1.165) is 42.6 Å². The van der Waals surface area contributed by atoms with Gasteiger partial charge in [-0.3, -0.25) is 14.5 Å². The molecule has 1 aromatic carbocycles. The highest BCUT2D eigenvalue weighted by molar-refractivity contribution is 6.09. The molecule has 1 aromatic rings. The standard InChI is InChI=1S/C22H31N3O3/c1-3-17-9-11-18(12-10-17)16(2)23-19(26)15-25-20(27)22(24-21(25)28)13-7-5-4-6-8-14-22/h9-12,16H,3-8,13-15H2,1-2H3,(H,23,26)(H,24,28). The molecule has 2 fully saturated rings. The number of carbonyl (C=O) groups is 3. The van der Waals surface area contributed by atoms with Gasteiger partial charge >= 0.3 is 6.03 Å². The number of hydrogen-bond donors (Lipinski definition) is 2. The molecule has 3 rings (SSSR count). The van der Waals surface area contributed by atoms with Crippen LogP contribution in [0.1, 0.15) is 76.0 Å². The third-order valence-corrected chi connectivity index (χ3v) is 6.02. The molecule has 1 heterocycles. The van der Waals surface area contributed by atoms with Gasteiger partial charge < -0.3 is 10.6 Å². The number of urea groups is 1. The van der Waals surface area contributed by atoms with Crippen LogP contribution in [0.3, 0.4) is 0 Å². The van der Waals surface area contributed by atoms with Crippen molar-refractivity contribution in [3.05, 3.63) is 35.4 Å². The lowest BCUT2D eigenvalue weighted by atomic mass is 9.84. The second kappa shape index (κ2) is 8.76. The van der Waals surface area contributed by atoms with E-state index in [0.29, 0.717) is 12.8 Å². The molecule has 2 aliphatic rings. The zero-order chi connectivity index (χ0) is 20.1. The molecule has 6 nitrogen and oxygen atoms in total. The van der Waals surface area contributed by atoms with Crippen LogP contribution in [-0.4, -0.2) is 34.8 Å². The maximum Gasteiger partial charge on any atom is 0.325 e. The fourth-order valence-corrected chi connectivity index (χ4v) is 4.22. The first-order valence-corrected chi connectivity index (χ1v) is 10.5. The average molecular weight is 386 g/mol. The van der Waals surface area contributed by atoms with Crippen molar-refractivity contribution < 1.29 is 14.4 Å². The average Bonchev–Trinajstić information content (AvgIpc) is 2.89. The molecule has 4 amide bonds. The SMILES string of the molecule is CCc1ccc(C(C)NC(=O)CN2C(=O)NC3(CCCCCCC3)C2=O)cc1. The number of benzene rings is 1. The highest BCUT2D eigenvalue weighted by Gasteiger charge is 2.50. The Bertz CT molecular complexity index is 721. The van der Waals surface area contributed by atoms with Gasteiger partial charge in [-0.2, -0.15) is 0 Å². The highest BCUT2D eigenvalue weighted by Crippen LogP contribution is 2.32. The van der Waals surface area contributed by atoms with Crippen molar-refractivity contribution in [3.8, 4) is 0 Å². The van der Waals surface area contributed by atoms with Gasteiger partial charge in [-0.1, -0.05) is 63.3 Å². The predicted molar refractivity (Wildman–Crippen MR) is 108 cm³/mol. The second-order valence-electron chi connectivity index (χ2n) is 8.06. The summed E-state index contributed by atoms with van der Waals surface area (Å²) in [5, 5.41) is 5.80. The van der Waals surface area contributed by atoms with E-state index in [-0.39, 0.29) is 24.4 Å². The van der Waals surface area contributed by atoms with Gasteiger partial charge in [0.25, 0.3) is 5.91 Å². The first-order chi connectivity index (χ1) is 13.4. The minimum atomic E-state index is -0.806. The largest absolute Gasteiger partial charge is 0.348 e. The molecular formula is C22H31N3O3. The fourth-order valence-electron chi connectivity index (χ4n) is 4.22. The third-order valence-electron chi connectivity index (χ3n) is 6.02. The Balaban J connectivity index is 1.61. The van der Waals surface area contributed by atoms with E-state index < -0.39 is 11.6 Å². The molecule has 0 aromatic heterocycles. The lowest BCUT2D eigenvalue weighted by Crippen LogP contribution is -2.48. The van der Waals surface area contributed by atoms with Gasteiger partial charge in [0.15, 0.2) is 0 Å². The van der Waals surface area contributed by atoms with Gasteiger partial charge in [0.2, 0.25) is 5.91 Å². The molecule has 2 N–H and O–H groups in total. The first kappa shape index (κ1) is 20.4. The molecule has 1 atom stereocenters. The summed E-state index contributed by atoms with van der Waals surface area (Å²) in [6.07, 6.45) is 7.50. The van der Waals surface area contributed by atoms with E-state index in [4.69, 9.17) is 0 Å². The summed E-state index contributed by atoms with van der Waals surface area (Å²) >= 11 is 0. The number of nitrogens with one attached hydrogen (secondary N) is 2. The lowest BCUT2D eigenvalue weighted by Gasteiger charge is -2.28. The zero-order valence-corrected chi connectivity index (χ0v) is 16.9. The quantitative estimate of drug-likeness (QED) is 0.762. The molecule has 1 spiro atoms.